The lowest BCUT2D eigenvalue weighted by Crippen LogP contribution is -2.46. The fourth-order valence-corrected chi connectivity index (χ4v) is 3.76. The highest BCUT2D eigenvalue weighted by molar-refractivity contribution is 6.31. The summed E-state index contributed by atoms with van der Waals surface area (Å²) < 4.78 is 0. The minimum Gasteiger partial charge on any atom is -0.480 e. The number of amides is 1. The number of fused-ring (bicyclic) bond motifs is 1. The number of para-hydroxylation sites is 1. The molecule has 174 valence electrons. The minimum absolute atomic E-state index is 0.0492. The van der Waals surface area contributed by atoms with Gasteiger partial charge < -0.3 is 10.0 Å². The number of benzene rings is 2. The molecule has 0 spiro atoms. The molecule has 0 aliphatic carbocycles. The zero-order valence-corrected chi connectivity index (χ0v) is 19.9. The minimum atomic E-state index is -1.12. The van der Waals surface area contributed by atoms with Crippen LogP contribution in [0.1, 0.15) is 11.1 Å². The Morgan fingerprint density at radius 3 is 2.44 bits per heavy atom. The zero-order chi connectivity index (χ0) is 24.5. The first-order chi connectivity index (χ1) is 16.4. The van der Waals surface area contributed by atoms with Gasteiger partial charge in [0.2, 0.25) is 0 Å². The van der Waals surface area contributed by atoms with E-state index in [0.717, 1.165) is 16.5 Å². The molecule has 0 aliphatic heterocycles. The molecule has 1 unspecified atom stereocenters. The van der Waals surface area contributed by atoms with Gasteiger partial charge in [0.05, 0.1) is 11.4 Å². The van der Waals surface area contributed by atoms with E-state index in [4.69, 9.17) is 23.2 Å². The number of hydrogen-bond donors (Lipinski definition) is 1. The molecule has 0 aliphatic rings. The number of carboxylic acids is 1. The van der Waals surface area contributed by atoms with Crippen LogP contribution in [0.15, 0.2) is 102 Å². The Morgan fingerprint density at radius 1 is 1.06 bits per heavy atom. The molecule has 0 fully saturated rings. The van der Waals surface area contributed by atoms with Gasteiger partial charge in [0.1, 0.15) is 6.04 Å². The Morgan fingerprint density at radius 2 is 1.76 bits per heavy atom. The van der Waals surface area contributed by atoms with Crippen LogP contribution in [0.2, 0.25) is 0 Å². The fraction of sp³-hybridized carbons (Fsp3) is 0.148. The number of carbonyl (C=O) groups excluding carboxylic acids is 1. The van der Waals surface area contributed by atoms with E-state index < -0.39 is 17.9 Å². The van der Waals surface area contributed by atoms with Crippen LogP contribution < -0.4 is 0 Å². The van der Waals surface area contributed by atoms with Gasteiger partial charge in [-0.2, -0.15) is 0 Å². The number of halogens is 2. The number of carboxylic acid groups (broad SMARTS) is 1. The molecule has 34 heavy (non-hydrogen) atoms. The number of alkyl halides is 1. The summed E-state index contributed by atoms with van der Waals surface area (Å²) in [4.78, 5) is 31.7. The van der Waals surface area contributed by atoms with Crippen molar-refractivity contribution in [1.82, 2.24) is 9.88 Å². The summed E-state index contributed by atoms with van der Waals surface area (Å²) >= 11 is 12.1. The molecule has 1 heterocycles. The zero-order valence-electron chi connectivity index (χ0n) is 18.4. The number of aliphatic carboxylic acids is 1. The van der Waals surface area contributed by atoms with E-state index in [0.29, 0.717) is 10.6 Å². The van der Waals surface area contributed by atoms with Crippen molar-refractivity contribution in [2.45, 2.75) is 19.0 Å². The largest absolute Gasteiger partial charge is 0.480 e. The van der Waals surface area contributed by atoms with Crippen molar-refractivity contribution in [1.29, 1.82) is 0 Å². The summed E-state index contributed by atoms with van der Waals surface area (Å²) in [5.41, 5.74) is 2.54. The van der Waals surface area contributed by atoms with E-state index in [1.54, 1.807) is 6.20 Å². The third kappa shape index (κ3) is 6.56. The highest BCUT2D eigenvalue weighted by Crippen LogP contribution is 2.20. The Bertz CT molecular complexity index is 1240. The molecule has 0 bridgehead atoms. The number of rotatable bonds is 10. The summed E-state index contributed by atoms with van der Waals surface area (Å²) in [5, 5.41) is 11.3. The molecule has 1 N–H and O–H groups in total. The molecule has 1 amide bonds. The van der Waals surface area contributed by atoms with Crippen molar-refractivity contribution in [2.24, 2.45) is 0 Å². The first-order valence-electron chi connectivity index (χ1n) is 10.6. The van der Waals surface area contributed by atoms with Crippen molar-refractivity contribution in [3.05, 3.63) is 113 Å². The van der Waals surface area contributed by atoms with E-state index in [2.05, 4.69) is 11.6 Å². The van der Waals surface area contributed by atoms with E-state index in [1.807, 2.05) is 60.7 Å². The predicted molar refractivity (Wildman–Crippen MR) is 137 cm³/mol. The number of aromatic nitrogens is 1. The van der Waals surface area contributed by atoms with Crippen molar-refractivity contribution in [3.8, 4) is 0 Å². The van der Waals surface area contributed by atoms with Gasteiger partial charge in [-0.3, -0.25) is 9.78 Å². The second-order valence-electron chi connectivity index (χ2n) is 7.59. The molecule has 0 saturated heterocycles. The molecular formula is C27H24Cl2N2O3. The van der Waals surface area contributed by atoms with Crippen molar-refractivity contribution < 1.29 is 14.7 Å². The summed E-state index contributed by atoms with van der Waals surface area (Å²) in [7, 11) is 0. The second-order valence-corrected chi connectivity index (χ2v) is 8.30. The van der Waals surface area contributed by atoms with E-state index in [-0.39, 0.29) is 24.4 Å². The number of hydrogen-bond acceptors (Lipinski definition) is 3. The predicted octanol–water partition coefficient (Wildman–Crippen LogP) is 5.73. The molecule has 7 heteroatoms. The maximum absolute atomic E-state index is 13.6. The average Bonchev–Trinajstić information content (AvgIpc) is 2.86. The Hall–Kier alpha value is -3.41. The van der Waals surface area contributed by atoms with Crippen molar-refractivity contribution in [2.75, 3.05) is 5.88 Å². The molecule has 2 aromatic carbocycles. The normalized spacial score (nSPS) is 12.9. The van der Waals surface area contributed by atoms with Gasteiger partial charge in [-0.05, 0) is 29.3 Å². The standard InChI is InChI=1S/C27H24Cl2N2O3/c1-2-23(29)13-12-22(16-28)26(32)31(25(27(33)34)15-19-8-4-3-5-9-19)18-20-14-21-10-6-7-11-24(21)30-17-20/h2-14,17,25H,1,15-16,18H2,(H,33,34). The van der Waals surface area contributed by atoms with Crippen LogP contribution in [0, 0.1) is 0 Å². The second kappa shape index (κ2) is 12.2. The van der Waals surface area contributed by atoms with Gasteiger partial charge in [0.25, 0.3) is 5.91 Å². The lowest BCUT2D eigenvalue weighted by Gasteiger charge is -2.30. The first-order valence-corrected chi connectivity index (χ1v) is 11.5. The van der Waals surface area contributed by atoms with Crippen LogP contribution in [0.3, 0.4) is 0 Å². The molecule has 1 aromatic heterocycles. The maximum atomic E-state index is 13.6. The molecule has 0 saturated carbocycles. The Labute approximate surface area is 208 Å². The van der Waals surface area contributed by atoms with Crippen LogP contribution >= 0.6 is 23.2 Å². The van der Waals surface area contributed by atoms with Gasteiger partial charge in [-0.25, -0.2) is 4.79 Å². The van der Waals surface area contributed by atoms with Crippen molar-refractivity contribution >= 4 is 46.0 Å². The monoisotopic (exact) mass is 494 g/mol. The van der Waals surface area contributed by atoms with Gasteiger partial charge >= 0.3 is 5.97 Å². The number of nitrogens with zero attached hydrogens (tertiary/aromatic N) is 2. The lowest BCUT2D eigenvalue weighted by molar-refractivity contribution is -0.149. The molecular weight excluding hydrogens is 471 g/mol. The highest BCUT2D eigenvalue weighted by atomic mass is 35.5. The van der Waals surface area contributed by atoms with Crippen LogP contribution in [0.4, 0.5) is 0 Å². The SMILES string of the molecule is C=CC(Cl)=CC=C(CCl)C(=O)N(Cc1cnc2ccccc2c1)C(Cc1ccccc1)C(=O)O. The summed E-state index contributed by atoms with van der Waals surface area (Å²) in [6.07, 6.45) is 6.23. The summed E-state index contributed by atoms with van der Waals surface area (Å²) in [5.74, 6) is -1.71. The van der Waals surface area contributed by atoms with Crippen molar-refractivity contribution in [3.63, 3.8) is 0 Å². The number of carbonyl (C=O) groups is 2. The van der Waals surface area contributed by atoms with E-state index in [9.17, 15) is 14.7 Å². The number of allylic oxidation sites excluding steroid dienone is 4. The smallest absolute Gasteiger partial charge is 0.326 e. The van der Waals surface area contributed by atoms with Crippen LogP contribution in [-0.2, 0) is 22.6 Å². The van der Waals surface area contributed by atoms with Gasteiger partial charge in [0.15, 0.2) is 0 Å². The third-order valence-electron chi connectivity index (χ3n) is 5.25. The highest BCUT2D eigenvalue weighted by Gasteiger charge is 2.31. The Kier molecular flexibility index (Phi) is 9.02. The van der Waals surface area contributed by atoms with Gasteiger partial charge in [-0.15, -0.1) is 11.6 Å². The molecule has 0 radical (unpaired) electrons. The van der Waals surface area contributed by atoms with Gasteiger partial charge in [-0.1, -0.05) is 78.9 Å². The molecule has 3 rings (SSSR count). The first kappa shape index (κ1) is 25.2. The molecule has 1 atom stereocenters. The van der Waals surface area contributed by atoms with Crippen LogP contribution in [0.25, 0.3) is 10.9 Å². The van der Waals surface area contributed by atoms with Gasteiger partial charge in [0, 0.05) is 35.2 Å². The van der Waals surface area contributed by atoms with E-state index >= 15 is 0 Å². The molecule has 5 nitrogen and oxygen atoms in total. The average molecular weight is 495 g/mol. The third-order valence-corrected chi connectivity index (χ3v) is 5.82. The summed E-state index contributed by atoms with van der Waals surface area (Å²) in [6.45, 7) is 3.63. The van der Waals surface area contributed by atoms with Crippen LogP contribution in [0.5, 0.6) is 0 Å². The Balaban J connectivity index is 2.03. The van der Waals surface area contributed by atoms with Crippen LogP contribution in [-0.4, -0.2) is 38.8 Å². The van der Waals surface area contributed by atoms with E-state index in [1.165, 1.54) is 23.1 Å². The summed E-state index contributed by atoms with van der Waals surface area (Å²) in [6, 6.07) is 17.6. The topological polar surface area (TPSA) is 70.5 Å². The maximum Gasteiger partial charge on any atom is 0.326 e. The lowest BCUT2D eigenvalue weighted by atomic mass is 10.0. The molecule has 3 aromatic rings. The number of pyridine rings is 1. The fourth-order valence-electron chi connectivity index (χ4n) is 3.50. The quantitative estimate of drug-likeness (QED) is 0.222.